The molecule has 0 N–H and O–H groups in total. The van der Waals surface area contributed by atoms with Gasteiger partial charge < -0.3 is 4.74 Å². The summed E-state index contributed by atoms with van der Waals surface area (Å²) in [5.74, 6) is 0.957. The third kappa shape index (κ3) is 3.77. The van der Waals surface area contributed by atoms with Gasteiger partial charge in [-0.3, -0.25) is 0 Å². The van der Waals surface area contributed by atoms with Crippen molar-refractivity contribution in [3.8, 4) is 5.75 Å². The van der Waals surface area contributed by atoms with E-state index in [1.807, 2.05) is 47.2 Å². The Bertz CT molecular complexity index is 779. The summed E-state index contributed by atoms with van der Waals surface area (Å²) in [5, 5.41) is 8.37. The van der Waals surface area contributed by atoms with Crippen molar-refractivity contribution in [1.82, 2.24) is 15.0 Å². The third-order valence-corrected chi connectivity index (χ3v) is 3.78. The number of fused-ring (bicyclic) bond motifs is 1. The predicted molar refractivity (Wildman–Crippen MR) is 92.6 cm³/mol. The molecule has 118 valence electrons. The van der Waals surface area contributed by atoms with Crippen LogP contribution in [0.4, 0.5) is 0 Å². The minimum atomic E-state index is 0.709. The van der Waals surface area contributed by atoms with Gasteiger partial charge in [0, 0.05) is 6.54 Å². The summed E-state index contributed by atoms with van der Waals surface area (Å²) in [7, 11) is 0. The molecule has 0 aliphatic carbocycles. The molecule has 23 heavy (non-hydrogen) atoms. The highest BCUT2D eigenvalue weighted by Crippen LogP contribution is 2.19. The smallest absolute Gasteiger partial charge is 0.122 e. The zero-order chi connectivity index (χ0) is 15.9. The Morgan fingerprint density at radius 3 is 2.78 bits per heavy atom. The average molecular weight is 307 g/mol. The van der Waals surface area contributed by atoms with Crippen LogP contribution in [0.15, 0.2) is 61.2 Å². The SMILES string of the molecule is C=CCc1ccccc1OCCCCn1nnc2ccccc21. The Morgan fingerprint density at radius 2 is 1.87 bits per heavy atom. The number of rotatable bonds is 8. The Balaban J connectivity index is 1.48. The molecule has 0 aliphatic heterocycles. The monoisotopic (exact) mass is 307 g/mol. The van der Waals surface area contributed by atoms with Crippen LogP contribution >= 0.6 is 0 Å². The molecule has 3 aromatic rings. The molecular formula is C19H21N3O. The zero-order valence-electron chi connectivity index (χ0n) is 13.2. The summed E-state index contributed by atoms with van der Waals surface area (Å²) in [4.78, 5) is 0. The third-order valence-electron chi connectivity index (χ3n) is 3.78. The van der Waals surface area contributed by atoms with E-state index in [-0.39, 0.29) is 0 Å². The van der Waals surface area contributed by atoms with E-state index in [2.05, 4.69) is 29.0 Å². The van der Waals surface area contributed by atoms with Crippen LogP contribution in [0.1, 0.15) is 18.4 Å². The lowest BCUT2D eigenvalue weighted by molar-refractivity contribution is 0.299. The van der Waals surface area contributed by atoms with Crippen molar-refractivity contribution in [3.63, 3.8) is 0 Å². The molecule has 0 atom stereocenters. The lowest BCUT2D eigenvalue weighted by Crippen LogP contribution is -2.04. The van der Waals surface area contributed by atoms with Crippen LogP contribution in [-0.4, -0.2) is 21.6 Å². The molecule has 4 nitrogen and oxygen atoms in total. The van der Waals surface area contributed by atoms with Gasteiger partial charge in [0.1, 0.15) is 11.3 Å². The van der Waals surface area contributed by atoms with Gasteiger partial charge in [-0.05, 0) is 43.0 Å². The number of hydrogen-bond acceptors (Lipinski definition) is 3. The van der Waals surface area contributed by atoms with E-state index in [0.29, 0.717) is 6.61 Å². The summed E-state index contributed by atoms with van der Waals surface area (Å²) in [5.41, 5.74) is 3.22. The van der Waals surface area contributed by atoms with Gasteiger partial charge in [0.25, 0.3) is 0 Å². The fraction of sp³-hybridized carbons (Fsp3) is 0.263. The van der Waals surface area contributed by atoms with Gasteiger partial charge in [-0.1, -0.05) is 41.6 Å². The summed E-state index contributed by atoms with van der Waals surface area (Å²) in [6.07, 6.45) is 4.73. The Labute approximate surface area is 136 Å². The quantitative estimate of drug-likeness (QED) is 0.466. The maximum Gasteiger partial charge on any atom is 0.122 e. The van der Waals surface area contributed by atoms with Crippen molar-refractivity contribution in [2.45, 2.75) is 25.8 Å². The molecule has 2 aromatic carbocycles. The number of unbranched alkanes of at least 4 members (excludes halogenated alkanes) is 1. The highest BCUT2D eigenvalue weighted by molar-refractivity contribution is 5.73. The second kappa shape index (κ2) is 7.58. The number of nitrogens with zero attached hydrogens (tertiary/aromatic N) is 3. The van der Waals surface area contributed by atoms with E-state index in [4.69, 9.17) is 4.74 Å². The zero-order valence-corrected chi connectivity index (χ0v) is 13.2. The highest BCUT2D eigenvalue weighted by atomic mass is 16.5. The largest absolute Gasteiger partial charge is 0.493 e. The topological polar surface area (TPSA) is 39.9 Å². The summed E-state index contributed by atoms with van der Waals surface area (Å²) in [6, 6.07) is 16.2. The first kappa shape index (κ1) is 15.3. The second-order valence-corrected chi connectivity index (χ2v) is 5.46. The Hall–Kier alpha value is -2.62. The van der Waals surface area contributed by atoms with Crippen LogP contribution in [0.2, 0.25) is 0 Å². The first-order valence-electron chi connectivity index (χ1n) is 7.98. The van der Waals surface area contributed by atoms with Crippen molar-refractivity contribution in [3.05, 3.63) is 66.7 Å². The minimum Gasteiger partial charge on any atom is -0.493 e. The number of ether oxygens (including phenoxy) is 1. The highest BCUT2D eigenvalue weighted by Gasteiger charge is 2.04. The van der Waals surface area contributed by atoms with Crippen molar-refractivity contribution < 1.29 is 4.74 Å². The van der Waals surface area contributed by atoms with Gasteiger partial charge >= 0.3 is 0 Å². The summed E-state index contributed by atoms with van der Waals surface area (Å²) in [6.45, 7) is 5.36. The maximum absolute atomic E-state index is 5.90. The van der Waals surface area contributed by atoms with Crippen LogP contribution in [-0.2, 0) is 13.0 Å². The maximum atomic E-state index is 5.90. The minimum absolute atomic E-state index is 0.709. The van der Waals surface area contributed by atoms with Crippen LogP contribution in [0.5, 0.6) is 5.75 Å². The molecular weight excluding hydrogens is 286 g/mol. The van der Waals surface area contributed by atoms with E-state index >= 15 is 0 Å². The van der Waals surface area contributed by atoms with E-state index in [1.54, 1.807) is 0 Å². The number of benzene rings is 2. The molecule has 4 heteroatoms. The molecule has 0 unspecified atom stereocenters. The molecule has 1 heterocycles. The van der Waals surface area contributed by atoms with Crippen LogP contribution in [0.3, 0.4) is 0 Å². The molecule has 0 bridgehead atoms. The van der Waals surface area contributed by atoms with E-state index < -0.39 is 0 Å². The fourth-order valence-electron chi connectivity index (χ4n) is 2.60. The van der Waals surface area contributed by atoms with Crippen molar-refractivity contribution in [1.29, 1.82) is 0 Å². The van der Waals surface area contributed by atoms with Crippen molar-refractivity contribution in [2.75, 3.05) is 6.61 Å². The van der Waals surface area contributed by atoms with Crippen LogP contribution in [0.25, 0.3) is 11.0 Å². The number of aryl methyl sites for hydroxylation is 1. The van der Waals surface area contributed by atoms with Crippen LogP contribution < -0.4 is 4.74 Å². The van der Waals surface area contributed by atoms with Crippen molar-refractivity contribution >= 4 is 11.0 Å². The lowest BCUT2D eigenvalue weighted by atomic mass is 10.1. The molecule has 0 fully saturated rings. The molecule has 0 saturated carbocycles. The first-order chi connectivity index (χ1) is 11.4. The molecule has 0 radical (unpaired) electrons. The van der Waals surface area contributed by atoms with Gasteiger partial charge in [0.2, 0.25) is 0 Å². The molecule has 0 saturated heterocycles. The lowest BCUT2D eigenvalue weighted by Gasteiger charge is -2.10. The summed E-state index contributed by atoms with van der Waals surface area (Å²) < 4.78 is 7.86. The number of aromatic nitrogens is 3. The predicted octanol–water partition coefficient (Wildman–Crippen LogP) is 4.02. The molecule has 0 aliphatic rings. The van der Waals surface area contributed by atoms with Gasteiger partial charge in [-0.15, -0.1) is 11.7 Å². The van der Waals surface area contributed by atoms with Gasteiger partial charge in [0.15, 0.2) is 0 Å². The molecule has 0 amide bonds. The Morgan fingerprint density at radius 1 is 1.04 bits per heavy atom. The van der Waals surface area contributed by atoms with Crippen LogP contribution in [0, 0.1) is 0 Å². The van der Waals surface area contributed by atoms with Crippen molar-refractivity contribution in [2.24, 2.45) is 0 Å². The van der Waals surface area contributed by atoms with E-state index in [1.165, 1.54) is 5.56 Å². The van der Waals surface area contributed by atoms with E-state index in [0.717, 1.165) is 42.6 Å². The second-order valence-electron chi connectivity index (χ2n) is 5.46. The van der Waals surface area contributed by atoms with E-state index in [9.17, 15) is 0 Å². The number of para-hydroxylation sites is 2. The average Bonchev–Trinajstić information content (AvgIpc) is 3.00. The number of hydrogen-bond donors (Lipinski definition) is 0. The molecule has 3 rings (SSSR count). The molecule has 0 spiro atoms. The Kier molecular flexibility index (Phi) is 5.04. The van der Waals surface area contributed by atoms with Gasteiger partial charge in [0.05, 0.1) is 12.1 Å². The van der Waals surface area contributed by atoms with Gasteiger partial charge in [-0.2, -0.15) is 0 Å². The fourth-order valence-corrected chi connectivity index (χ4v) is 2.60. The first-order valence-corrected chi connectivity index (χ1v) is 7.98. The molecule has 1 aromatic heterocycles. The normalized spacial score (nSPS) is 10.8. The standard InChI is InChI=1S/C19H21N3O/c1-2-9-16-10-3-6-13-19(16)23-15-8-7-14-22-18-12-5-4-11-17(18)20-21-22/h2-6,10-13H,1,7-9,14-15H2. The number of allylic oxidation sites excluding steroid dienone is 1. The summed E-state index contributed by atoms with van der Waals surface area (Å²) >= 11 is 0. The van der Waals surface area contributed by atoms with Gasteiger partial charge in [-0.25, -0.2) is 4.68 Å².